The minimum absolute atomic E-state index is 0.886. The van der Waals surface area contributed by atoms with Gasteiger partial charge in [-0.3, -0.25) is 0 Å². The van der Waals surface area contributed by atoms with Crippen LogP contribution >= 0.6 is 27.3 Å². The lowest BCUT2D eigenvalue weighted by Gasteiger charge is -2.22. The van der Waals surface area contributed by atoms with Crippen LogP contribution in [0, 0.1) is 0 Å². The third kappa shape index (κ3) is 3.34. The predicted octanol–water partition coefficient (Wildman–Crippen LogP) is 3.87. The Morgan fingerprint density at radius 3 is 2.83 bits per heavy atom. The first-order chi connectivity index (χ1) is 8.70. The zero-order chi connectivity index (χ0) is 13.0. The Morgan fingerprint density at radius 2 is 2.17 bits per heavy atom. The van der Waals surface area contributed by atoms with E-state index in [1.54, 1.807) is 11.3 Å². The summed E-state index contributed by atoms with van der Waals surface area (Å²) >= 11 is 5.35. The highest BCUT2D eigenvalue weighted by Crippen LogP contribution is 2.26. The molecule has 0 saturated heterocycles. The van der Waals surface area contributed by atoms with E-state index in [4.69, 9.17) is 0 Å². The summed E-state index contributed by atoms with van der Waals surface area (Å²) in [6.45, 7) is 1.84. The standard InChI is InChI=1S/C14H17BrN2S/c1-16-9-11-5-6-12(15)8-14(11)17(2)10-13-4-3-7-18-13/h3-8,16H,9-10H2,1-2H3. The molecule has 0 amide bonds. The number of hydrogen-bond donors (Lipinski definition) is 1. The molecule has 2 aromatic rings. The summed E-state index contributed by atoms with van der Waals surface area (Å²) in [7, 11) is 4.12. The van der Waals surface area contributed by atoms with E-state index < -0.39 is 0 Å². The smallest absolute Gasteiger partial charge is 0.0519 e. The zero-order valence-electron chi connectivity index (χ0n) is 10.6. The fraction of sp³-hybridized carbons (Fsp3) is 0.286. The van der Waals surface area contributed by atoms with Crippen molar-refractivity contribution in [3.05, 3.63) is 50.6 Å². The van der Waals surface area contributed by atoms with Gasteiger partial charge in [-0.1, -0.05) is 28.1 Å². The first kappa shape index (κ1) is 13.6. The van der Waals surface area contributed by atoms with E-state index in [1.807, 2.05) is 7.05 Å². The summed E-state index contributed by atoms with van der Waals surface area (Å²) in [6.07, 6.45) is 0. The van der Waals surface area contributed by atoms with E-state index in [0.29, 0.717) is 0 Å². The second-order valence-corrected chi connectivity index (χ2v) is 6.19. The van der Waals surface area contributed by atoms with Crippen molar-refractivity contribution in [1.82, 2.24) is 5.32 Å². The van der Waals surface area contributed by atoms with Crippen molar-refractivity contribution in [2.24, 2.45) is 0 Å². The Morgan fingerprint density at radius 1 is 1.33 bits per heavy atom. The first-order valence-electron chi connectivity index (χ1n) is 5.87. The maximum atomic E-state index is 3.55. The van der Waals surface area contributed by atoms with Gasteiger partial charge in [0.2, 0.25) is 0 Å². The number of hydrogen-bond acceptors (Lipinski definition) is 3. The van der Waals surface area contributed by atoms with E-state index in [1.165, 1.54) is 16.1 Å². The normalized spacial score (nSPS) is 10.6. The predicted molar refractivity (Wildman–Crippen MR) is 83.3 cm³/mol. The molecule has 18 heavy (non-hydrogen) atoms. The Labute approximate surface area is 121 Å². The van der Waals surface area contributed by atoms with E-state index in [9.17, 15) is 0 Å². The fourth-order valence-electron chi connectivity index (χ4n) is 1.95. The zero-order valence-corrected chi connectivity index (χ0v) is 13.0. The molecule has 0 saturated carbocycles. The van der Waals surface area contributed by atoms with Gasteiger partial charge in [-0.25, -0.2) is 0 Å². The van der Waals surface area contributed by atoms with Gasteiger partial charge in [-0.15, -0.1) is 11.3 Å². The van der Waals surface area contributed by atoms with Gasteiger partial charge in [0.05, 0.1) is 6.54 Å². The van der Waals surface area contributed by atoms with Crippen molar-refractivity contribution < 1.29 is 0 Å². The van der Waals surface area contributed by atoms with Crippen molar-refractivity contribution in [3.8, 4) is 0 Å². The van der Waals surface area contributed by atoms with Crippen molar-refractivity contribution in [1.29, 1.82) is 0 Å². The quantitative estimate of drug-likeness (QED) is 0.898. The van der Waals surface area contributed by atoms with Crippen LogP contribution in [0.1, 0.15) is 10.4 Å². The number of thiophene rings is 1. The van der Waals surface area contributed by atoms with E-state index >= 15 is 0 Å². The highest BCUT2D eigenvalue weighted by molar-refractivity contribution is 9.10. The summed E-state index contributed by atoms with van der Waals surface area (Å²) in [5, 5.41) is 5.34. The largest absolute Gasteiger partial charge is 0.369 e. The molecule has 1 aromatic heterocycles. The molecule has 2 nitrogen and oxygen atoms in total. The Bertz CT molecular complexity index is 497. The molecule has 0 radical (unpaired) electrons. The maximum absolute atomic E-state index is 3.55. The number of halogens is 1. The van der Waals surface area contributed by atoms with Crippen molar-refractivity contribution >= 4 is 33.0 Å². The van der Waals surface area contributed by atoms with Crippen LogP contribution in [0.3, 0.4) is 0 Å². The van der Waals surface area contributed by atoms with Crippen molar-refractivity contribution in [3.63, 3.8) is 0 Å². The number of nitrogens with zero attached hydrogens (tertiary/aromatic N) is 1. The third-order valence-electron chi connectivity index (χ3n) is 2.80. The minimum atomic E-state index is 0.886. The molecule has 0 aliphatic carbocycles. The molecule has 2 rings (SSSR count). The van der Waals surface area contributed by atoms with Crippen LogP contribution in [0.5, 0.6) is 0 Å². The summed E-state index contributed by atoms with van der Waals surface area (Å²) < 4.78 is 1.12. The average molecular weight is 325 g/mol. The second kappa shape index (κ2) is 6.36. The SMILES string of the molecule is CNCc1ccc(Br)cc1N(C)Cc1cccs1. The molecule has 0 fully saturated rings. The molecule has 0 aliphatic rings. The number of rotatable bonds is 5. The Balaban J connectivity index is 2.22. The van der Waals surface area contributed by atoms with Crippen LogP contribution in [-0.4, -0.2) is 14.1 Å². The van der Waals surface area contributed by atoms with Crippen LogP contribution in [0.25, 0.3) is 0 Å². The molecule has 0 spiro atoms. The van der Waals surface area contributed by atoms with Crippen LogP contribution in [0.4, 0.5) is 5.69 Å². The number of benzene rings is 1. The summed E-state index contributed by atoms with van der Waals surface area (Å²) in [5.74, 6) is 0. The molecule has 1 heterocycles. The molecule has 1 N–H and O–H groups in total. The second-order valence-electron chi connectivity index (χ2n) is 4.24. The minimum Gasteiger partial charge on any atom is -0.369 e. The number of anilines is 1. The molecule has 0 unspecified atom stereocenters. The lowest BCUT2D eigenvalue weighted by Crippen LogP contribution is -2.19. The van der Waals surface area contributed by atoms with Crippen molar-refractivity contribution in [2.75, 3.05) is 19.0 Å². The highest BCUT2D eigenvalue weighted by Gasteiger charge is 2.08. The van der Waals surface area contributed by atoms with Crippen molar-refractivity contribution in [2.45, 2.75) is 13.1 Å². The van der Waals surface area contributed by atoms with E-state index in [2.05, 4.69) is 68.9 Å². The molecule has 1 aromatic carbocycles. The molecule has 4 heteroatoms. The molecule has 0 aliphatic heterocycles. The highest BCUT2D eigenvalue weighted by atomic mass is 79.9. The Hall–Kier alpha value is -0.840. The lowest BCUT2D eigenvalue weighted by molar-refractivity contribution is 0.806. The van der Waals surface area contributed by atoms with Gasteiger partial charge in [0, 0.05) is 28.6 Å². The monoisotopic (exact) mass is 324 g/mol. The molecule has 0 bridgehead atoms. The molecular formula is C14H17BrN2S. The molecular weight excluding hydrogens is 308 g/mol. The van der Waals surface area contributed by atoms with Gasteiger partial charge in [0.1, 0.15) is 0 Å². The lowest BCUT2D eigenvalue weighted by atomic mass is 10.1. The summed E-state index contributed by atoms with van der Waals surface area (Å²) in [4.78, 5) is 3.68. The third-order valence-corrected chi connectivity index (χ3v) is 4.15. The van der Waals surface area contributed by atoms with Gasteiger partial charge in [0.15, 0.2) is 0 Å². The molecule has 96 valence electrons. The molecule has 0 atom stereocenters. The van der Waals surface area contributed by atoms with Crippen LogP contribution in [0.15, 0.2) is 40.2 Å². The van der Waals surface area contributed by atoms with E-state index in [0.717, 1.165) is 17.6 Å². The first-order valence-corrected chi connectivity index (χ1v) is 7.54. The van der Waals surface area contributed by atoms with Gasteiger partial charge in [-0.2, -0.15) is 0 Å². The van der Waals surface area contributed by atoms with Crippen LogP contribution < -0.4 is 10.2 Å². The van der Waals surface area contributed by atoms with Gasteiger partial charge < -0.3 is 10.2 Å². The van der Waals surface area contributed by atoms with Crippen LogP contribution in [-0.2, 0) is 13.1 Å². The topological polar surface area (TPSA) is 15.3 Å². The van der Waals surface area contributed by atoms with E-state index in [-0.39, 0.29) is 0 Å². The maximum Gasteiger partial charge on any atom is 0.0519 e. The number of nitrogens with one attached hydrogen (secondary N) is 1. The summed E-state index contributed by atoms with van der Waals surface area (Å²) in [6, 6.07) is 10.7. The van der Waals surface area contributed by atoms with Gasteiger partial charge in [0.25, 0.3) is 0 Å². The summed E-state index contributed by atoms with van der Waals surface area (Å²) in [5.41, 5.74) is 2.59. The van der Waals surface area contributed by atoms with Crippen LogP contribution in [0.2, 0.25) is 0 Å². The van der Waals surface area contributed by atoms with Gasteiger partial charge in [-0.05, 0) is 36.2 Å². The van der Waals surface area contributed by atoms with Gasteiger partial charge >= 0.3 is 0 Å². The fourth-order valence-corrected chi connectivity index (χ4v) is 3.06. The average Bonchev–Trinajstić information content (AvgIpc) is 2.84. The Kier molecular flexibility index (Phi) is 4.80.